The highest BCUT2D eigenvalue weighted by Gasteiger charge is 2.37. The van der Waals surface area contributed by atoms with Crippen LogP contribution in [-0.2, 0) is 4.74 Å². The summed E-state index contributed by atoms with van der Waals surface area (Å²) < 4.78 is 6.26. The van der Waals surface area contributed by atoms with Crippen molar-refractivity contribution in [1.82, 2.24) is 0 Å². The first-order valence-corrected chi connectivity index (χ1v) is 8.62. The van der Waals surface area contributed by atoms with E-state index in [2.05, 4.69) is 48.6 Å². The molecule has 1 saturated heterocycles. The third-order valence-electron chi connectivity index (χ3n) is 4.93. The molecule has 4 rings (SSSR count). The fourth-order valence-corrected chi connectivity index (χ4v) is 4.90. The van der Waals surface area contributed by atoms with Crippen LogP contribution in [0.25, 0.3) is 16.8 Å². The fourth-order valence-electron chi connectivity index (χ4n) is 3.83. The molecule has 2 aliphatic rings. The van der Waals surface area contributed by atoms with Gasteiger partial charge >= 0.3 is 0 Å². The van der Waals surface area contributed by atoms with E-state index in [9.17, 15) is 0 Å². The van der Waals surface area contributed by atoms with Crippen molar-refractivity contribution in [1.29, 1.82) is 0 Å². The van der Waals surface area contributed by atoms with Gasteiger partial charge in [0.05, 0.1) is 5.22 Å². The zero-order valence-electron chi connectivity index (χ0n) is 11.9. The number of hydrogen-bond donors (Lipinski definition) is 0. The molecule has 0 radical (unpaired) electrons. The lowest BCUT2D eigenvalue weighted by atomic mass is 9.80. The quantitative estimate of drug-likeness (QED) is 0.729. The van der Waals surface area contributed by atoms with Crippen LogP contribution in [0.15, 0.2) is 42.5 Å². The minimum atomic E-state index is 0.0938. The Kier molecular flexibility index (Phi) is 2.83. The van der Waals surface area contributed by atoms with E-state index in [1.54, 1.807) is 0 Å². The highest BCUT2D eigenvalue weighted by molar-refractivity contribution is 6.16. The van der Waals surface area contributed by atoms with Gasteiger partial charge in [-0.3, -0.25) is 0 Å². The molecule has 1 heterocycles. The van der Waals surface area contributed by atoms with E-state index in [0.717, 1.165) is 16.8 Å². The Hall–Kier alpha value is -1.38. The van der Waals surface area contributed by atoms with E-state index in [1.165, 1.54) is 41.2 Å². The molecule has 0 aromatic heterocycles. The monoisotopic (exact) mass is 280 g/mol. The average Bonchev–Trinajstić information content (AvgIpc) is 2.49. The molecule has 1 aliphatic carbocycles. The second kappa shape index (κ2) is 4.57. The number of hydrogen-bond acceptors (Lipinski definition) is 1. The van der Waals surface area contributed by atoms with E-state index in [4.69, 9.17) is 4.74 Å². The number of ether oxygens (including phenoxy) is 1. The van der Waals surface area contributed by atoms with Crippen LogP contribution in [0.2, 0.25) is 0 Å². The minimum absolute atomic E-state index is 0.0938. The zero-order valence-corrected chi connectivity index (χ0v) is 13.9. The highest BCUT2D eigenvalue weighted by atomic mass is 28.1. The Morgan fingerprint density at radius 2 is 1.95 bits per heavy atom. The molecule has 0 amide bonds. The maximum atomic E-state index is 6.26. The van der Waals surface area contributed by atoms with Crippen molar-refractivity contribution in [3.8, 4) is 0 Å². The lowest BCUT2D eigenvalue weighted by Gasteiger charge is -2.41. The summed E-state index contributed by atoms with van der Waals surface area (Å²) in [5.41, 5.74) is 2.83. The third-order valence-corrected chi connectivity index (χ3v) is 6.34. The summed E-state index contributed by atoms with van der Waals surface area (Å²) in [5, 5.41) is 2.89. The van der Waals surface area contributed by atoms with Crippen molar-refractivity contribution >= 4 is 27.1 Å². The van der Waals surface area contributed by atoms with E-state index in [0.29, 0.717) is 5.92 Å². The molecule has 0 bridgehead atoms. The second-order valence-corrected chi connectivity index (χ2v) is 7.94. The number of benzene rings is 2. The van der Waals surface area contributed by atoms with Gasteiger partial charge in [0, 0.05) is 22.8 Å². The first-order chi connectivity index (χ1) is 9.78. The van der Waals surface area contributed by atoms with Gasteiger partial charge in [0.1, 0.15) is 0 Å². The van der Waals surface area contributed by atoms with Crippen LogP contribution in [0.5, 0.6) is 0 Å². The third kappa shape index (κ3) is 1.79. The van der Waals surface area contributed by atoms with Crippen LogP contribution in [0.1, 0.15) is 36.3 Å². The summed E-state index contributed by atoms with van der Waals surface area (Å²) in [7, 11) is 1.09. The molecule has 0 saturated carbocycles. The first kappa shape index (κ1) is 12.4. The molecule has 2 aromatic carbocycles. The Morgan fingerprint density at radius 1 is 1.10 bits per heavy atom. The van der Waals surface area contributed by atoms with E-state index in [-0.39, 0.29) is 5.22 Å². The summed E-state index contributed by atoms with van der Waals surface area (Å²) in [5.74, 6) is 0.438. The van der Waals surface area contributed by atoms with Crippen molar-refractivity contribution in [2.45, 2.75) is 30.4 Å². The van der Waals surface area contributed by atoms with Crippen molar-refractivity contribution in [2.75, 3.05) is 6.61 Å². The molecule has 2 unspecified atom stereocenters. The fraction of sp³-hybridized carbons (Fsp3) is 0.333. The molecular weight excluding hydrogens is 260 g/mol. The van der Waals surface area contributed by atoms with E-state index < -0.39 is 0 Å². The Labute approximate surface area is 123 Å². The zero-order chi connectivity index (χ0) is 13.6. The van der Waals surface area contributed by atoms with Crippen molar-refractivity contribution in [2.24, 2.45) is 0 Å². The average molecular weight is 280 g/mol. The number of rotatable bonds is 1. The lowest BCUT2D eigenvalue weighted by Crippen LogP contribution is -2.42. The molecular formula is C18H20OSi. The highest BCUT2D eigenvalue weighted by Crippen LogP contribution is 2.43. The Bertz CT molecular complexity index is 678. The summed E-state index contributed by atoms with van der Waals surface area (Å²) in [6, 6.07) is 13.3. The Morgan fingerprint density at radius 3 is 2.75 bits per heavy atom. The van der Waals surface area contributed by atoms with E-state index >= 15 is 0 Å². The summed E-state index contributed by atoms with van der Waals surface area (Å²) in [6.07, 6.45) is 8.44. The summed E-state index contributed by atoms with van der Waals surface area (Å²) >= 11 is 0. The van der Waals surface area contributed by atoms with Gasteiger partial charge in [-0.2, -0.15) is 0 Å². The largest absolute Gasteiger partial charge is 0.379 e. The lowest BCUT2D eigenvalue weighted by molar-refractivity contribution is -0.0261. The van der Waals surface area contributed by atoms with Gasteiger partial charge in [-0.15, -0.1) is 0 Å². The van der Waals surface area contributed by atoms with Crippen molar-refractivity contribution in [3.63, 3.8) is 0 Å². The standard InChI is InChI=1S/C18H20OSi/c20-18(11-1-2-12-19-18)16-10-9-14-6-3-5-13-7-4-8-15(16)17(13)14/h3-10,16H,1-2,11-12H2,20H3. The van der Waals surface area contributed by atoms with Crippen LogP contribution in [0, 0.1) is 0 Å². The topological polar surface area (TPSA) is 9.23 Å². The smallest absolute Gasteiger partial charge is 0.0586 e. The molecule has 1 aliphatic heterocycles. The molecule has 102 valence electrons. The van der Waals surface area contributed by atoms with Gasteiger partial charge < -0.3 is 4.74 Å². The van der Waals surface area contributed by atoms with Crippen molar-refractivity contribution in [3.05, 3.63) is 53.6 Å². The van der Waals surface area contributed by atoms with Crippen molar-refractivity contribution < 1.29 is 4.74 Å². The normalized spacial score (nSPS) is 28.9. The predicted octanol–water partition coefficient (Wildman–Crippen LogP) is 3.21. The molecule has 2 atom stereocenters. The van der Waals surface area contributed by atoms with Crippen LogP contribution in [-0.4, -0.2) is 22.1 Å². The minimum Gasteiger partial charge on any atom is -0.379 e. The van der Waals surface area contributed by atoms with Gasteiger partial charge in [-0.1, -0.05) is 48.6 Å². The van der Waals surface area contributed by atoms with Gasteiger partial charge in [-0.25, -0.2) is 0 Å². The Balaban J connectivity index is 1.89. The van der Waals surface area contributed by atoms with Crippen LogP contribution < -0.4 is 0 Å². The predicted molar refractivity (Wildman–Crippen MR) is 88.2 cm³/mol. The van der Waals surface area contributed by atoms with Crippen LogP contribution in [0.4, 0.5) is 0 Å². The first-order valence-electron chi connectivity index (χ1n) is 7.62. The molecule has 20 heavy (non-hydrogen) atoms. The maximum absolute atomic E-state index is 6.26. The van der Waals surface area contributed by atoms with Crippen LogP contribution in [0.3, 0.4) is 0 Å². The summed E-state index contributed by atoms with van der Waals surface area (Å²) in [6.45, 7) is 0.936. The summed E-state index contributed by atoms with van der Waals surface area (Å²) in [4.78, 5) is 0. The maximum Gasteiger partial charge on any atom is 0.0586 e. The molecule has 2 aromatic rings. The molecule has 1 fully saturated rings. The SMILES string of the molecule is [SiH3]C1(C2C=Cc3cccc4cccc2c34)CCCCO1. The second-order valence-electron chi connectivity index (χ2n) is 6.25. The van der Waals surface area contributed by atoms with Gasteiger partial charge in [0.2, 0.25) is 0 Å². The van der Waals surface area contributed by atoms with Gasteiger partial charge in [0.15, 0.2) is 0 Å². The van der Waals surface area contributed by atoms with Gasteiger partial charge in [-0.05, 0) is 41.2 Å². The molecule has 1 nitrogen and oxygen atoms in total. The molecule has 0 spiro atoms. The van der Waals surface area contributed by atoms with E-state index in [1.807, 2.05) is 0 Å². The molecule has 2 heteroatoms. The molecule has 0 N–H and O–H groups in total. The van der Waals surface area contributed by atoms with Crippen LogP contribution >= 0.6 is 0 Å². The van der Waals surface area contributed by atoms with Gasteiger partial charge in [0.25, 0.3) is 0 Å².